The molecule has 2 unspecified atom stereocenters. The third-order valence-electron chi connectivity index (χ3n) is 2.54. The molecule has 0 spiro atoms. The Hall–Kier alpha value is -0.340. The molecule has 0 aromatic rings. The van der Waals surface area contributed by atoms with Crippen molar-refractivity contribution in [2.24, 2.45) is 17.7 Å². The predicted molar refractivity (Wildman–Crippen MR) is 52.5 cm³/mol. The Balaban J connectivity index is 2.29. The molecule has 2 nitrogen and oxygen atoms in total. The van der Waals surface area contributed by atoms with E-state index in [2.05, 4.69) is 26.0 Å². The Morgan fingerprint density at radius 1 is 1.58 bits per heavy atom. The normalized spacial score (nSPS) is 29.7. The van der Waals surface area contributed by atoms with Crippen LogP contribution in [-0.4, -0.2) is 18.1 Å². The van der Waals surface area contributed by atoms with Crippen LogP contribution in [0, 0.1) is 11.8 Å². The van der Waals surface area contributed by atoms with E-state index < -0.39 is 0 Å². The first-order chi connectivity index (χ1) is 5.72. The summed E-state index contributed by atoms with van der Waals surface area (Å²) < 4.78 is 0. The summed E-state index contributed by atoms with van der Waals surface area (Å²) in [6, 6.07) is 0. The molecular weight excluding hydrogens is 148 g/mol. The van der Waals surface area contributed by atoms with Crippen molar-refractivity contribution in [2.45, 2.75) is 26.7 Å². The van der Waals surface area contributed by atoms with Gasteiger partial charge in [0.15, 0.2) is 0 Å². The monoisotopic (exact) mass is 168 g/mol. The third kappa shape index (κ3) is 2.95. The van der Waals surface area contributed by atoms with Crippen molar-refractivity contribution >= 4 is 0 Å². The topological polar surface area (TPSA) is 29.3 Å². The highest BCUT2D eigenvalue weighted by Crippen LogP contribution is 2.22. The summed E-state index contributed by atoms with van der Waals surface area (Å²) in [6.07, 6.45) is 7.11. The highest BCUT2D eigenvalue weighted by Gasteiger charge is 2.15. The van der Waals surface area contributed by atoms with Crippen LogP contribution in [0.15, 0.2) is 12.2 Å². The molecule has 0 bridgehead atoms. The van der Waals surface area contributed by atoms with Crippen LogP contribution in [0.3, 0.4) is 0 Å². The lowest BCUT2D eigenvalue weighted by Gasteiger charge is -2.26. The zero-order valence-corrected chi connectivity index (χ0v) is 8.16. The van der Waals surface area contributed by atoms with Gasteiger partial charge in [-0.25, -0.2) is 5.01 Å². The molecule has 0 aromatic heterocycles. The molecule has 0 fully saturated rings. The number of rotatable bonds is 3. The molecule has 0 saturated heterocycles. The Morgan fingerprint density at radius 3 is 2.92 bits per heavy atom. The maximum atomic E-state index is 5.76. The van der Waals surface area contributed by atoms with Crippen LogP contribution in [0.4, 0.5) is 0 Å². The van der Waals surface area contributed by atoms with Crippen LogP contribution in [0.2, 0.25) is 0 Å². The molecule has 0 saturated carbocycles. The lowest BCUT2D eigenvalue weighted by molar-refractivity contribution is 0.228. The average molecular weight is 168 g/mol. The molecule has 0 heterocycles. The van der Waals surface area contributed by atoms with E-state index in [0.717, 1.165) is 24.9 Å². The van der Waals surface area contributed by atoms with Crippen LogP contribution in [0.1, 0.15) is 26.7 Å². The van der Waals surface area contributed by atoms with Gasteiger partial charge >= 0.3 is 0 Å². The Morgan fingerprint density at radius 2 is 2.33 bits per heavy atom. The van der Waals surface area contributed by atoms with Gasteiger partial charge in [-0.15, -0.1) is 0 Å². The van der Waals surface area contributed by atoms with Crippen molar-refractivity contribution < 1.29 is 0 Å². The first kappa shape index (κ1) is 9.75. The molecule has 70 valence electrons. The van der Waals surface area contributed by atoms with Crippen molar-refractivity contribution in [3.8, 4) is 0 Å². The zero-order chi connectivity index (χ0) is 8.97. The lowest BCUT2D eigenvalue weighted by atomic mass is 9.87. The van der Waals surface area contributed by atoms with Crippen molar-refractivity contribution in [1.82, 2.24) is 5.01 Å². The van der Waals surface area contributed by atoms with E-state index >= 15 is 0 Å². The second kappa shape index (κ2) is 4.63. The third-order valence-corrected chi connectivity index (χ3v) is 2.54. The van der Waals surface area contributed by atoms with E-state index in [-0.39, 0.29) is 0 Å². The van der Waals surface area contributed by atoms with E-state index in [4.69, 9.17) is 5.84 Å². The first-order valence-electron chi connectivity index (χ1n) is 4.88. The van der Waals surface area contributed by atoms with Gasteiger partial charge in [-0.3, -0.25) is 5.84 Å². The zero-order valence-electron chi connectivity index (χ0n) is 8.16. The number of nitrogens with two attached hydrogens (primary N) is 1. The van der Waals surface area contributed by atoms with E-state index in [1.54, 1.807) is 0 Å². The molecule has 1 aliphatic rings. The molecule has 2 N–H and O–H groups in total. The maximum Gasteiger partial charge on any atom is 0.0160 e. The summed E-state index contributed by atoms with van der Waals surface area (Å²) in [7, 11) is 0. The van der Waals surface area contributed by atoms with E-state index in [1.165, 1.54) is 12.8 Å². The predicted octanol–water partition coefficient (Wildman–Crippen LogP) is 1.78. The minimum atomic E-state index is 0.744. The Labute approximate surface area is 75.4 Å². The van der Waals surface area contributed by atoms with Crippen LogP contribution in [-0.2, 0) is 0 Å². The standard InChI is InChI=1S/C10H20N2/c1-3-12(11)8-10-6-4-5-9(2)7-10/h4-5,9-10H,3,6-8,11H2,1-2H3. The Bertz CT molecular complexity index is 154. The van der Waals surface area contributed by atoms with Gasteiger partial charge in [-0.2, -0.15) is 0 Å². The highest BCUT2D eigenvalue weighted by molar-refractivity contribution is 4.94. The average Bonchev–Trinajstić information content (AvgIpc) is 2.04. The van der Waals surface area contributed by atoms with Gasteiger partial charge in [0.2, 0.25) is 0 Å². The summed E-state index contributed by atoms with van der Waals surface area (Å²) in [5.74, 6) is 7.28. The number of hydrogen-bond donors (Lipinski definition) is 1. The molecule has 2 heteroatoms. The Kier molecular flexibility index (Phi) is 3.76. The molecule has 0 radical (unpaired) electrons. The SMILES string of the molecule is CCN(N)CC1CC=CC(C)C1. The largest absolute Gasteiger partial charge is 0.269 e. The first-order valence-corrected chi connectivity index (χ1v) is 4.88. The van der Waals surface area contributed by atoms with E-state index in [1.807, 2.05) is 5.01 Å². The van der Waals surface area contributed by atoms with Crippen molar-refractivity contribution in [1.29, 1.82) is 0 Å². The molecule has 12 heavy (non-hydrogen) atoms. The molecule has 1 rings (SSSR count). The smallest absolute Gasteiger partial charge is 0.0160 e. The molecular formula is C10H20N2. The number of nitrogens with zero attached hydrogens (tertiary/aromatic N) is 1. The van der Waals surface area contributed by atoms with Crippen LogP contribution >= 0.6 is 0 Å². The van der Waals surface area contributed by atoms with Gasteiger partial charge in [0, 0.05) is 13.1 Å². The van der Waals surface area contributed by atoms with Gasteiger partial charge in [-0.1, -0.05) is 26.0 Å². The molecule has 2 atom stereocenters. The minimum Gasteiger partial charge on any atom is -0.269 e. The van der Waals surface area contributed by atoms with E-state index in [0.29, 0.717) is 0 Å². The second-order valence-corrected chi connectivity index (χ2v) is 3.83. The van der Waals surface area contributed by atoms with E-state index in [9.17, 15) is 0 Å². The summed E-state index contributed by atoms with van der Waals surface area (Å²) in [5.41, 5.74) is 0. The molecule has 0 aliphatic heterocycles. The van der Waals surface area contributed by atoms with Gasteiger partial charge < -0.3 is 0 Å². The van der Waals surface area contributed by atoms with Crippen LogP contribution in [0.25, 0.3) is 0 Å². The number of allylic oxidation sites excluding steroid dienone is 2. The van der Waals surface area contributed by atoms with Crippen molar-refractivity contribution in [3.63, 3.8) is 0 Å². The molecule has 1 aliphatic carbocycles. The fraction of sp³-hybridized carbons (Fsp3) is 0.800. The van der Waals surface area contributed by atoms with Crippen LogP contribution in [0.5, 0.6) is 0 Å². The van der Waals surface area contributed by atoms with Gasteiger partial charge in [0.05, 0.1) is 0 Å². The summed E-state index contributed by atoms with van der Waals surface area (Å²) in [4.78, 5) is 0. The van der Waals surface area contributed by atoms with Crippen LogP contribution < -0.4 is 5.84 Å². The summed E-state index contributed by atoms with van der Waals surface area (Å²) in [5, 5.41) is 1.91. The molecule has 0 amide bonds. The fourth-order valence-corrected chi connectivity index (χ4v) is 1.81. The highest BCUT2D eigenvalue weighted by atomic mass is 15.4. The molecule has 0 aromatic carbocycles. The minimum absolute atomic E-state index is 0.744. The van der Waals surface area contributed by atoms with Gasteiger partial charge in [0.25, 0.3) is 0 Å². The fourth-order valence-electron chi connectivity index (χ4n) is 1.81. The quantitative estimate of drug-likeness (QED) is 0.395. The van der Waals surface area contributed by atoms with Gasteiger partial charge in [-0.05, 0) is 24.7 Å². The summed E-state index contributed by atoms with van der Waals surface area (Å²) in [6.45, 7) is 6.37. The second-order valence-electron chi connectivity index (χ2n) is 3.83. The summed E-state index contributed by atoms with van der Waals surface area (Å²) >= 11 is 0. The van der Waals surface area contributed by atoms with Gasteiger partial charge in [0.1, 0.15) is 0 Å². The lowest BCUT2D eigenvalue weighted by Crippen LogP contribution is -2.36. The number of hydrazine groups is 1. The number of hydrogen-bond acceptors (Lipinski definition) is 2. The van der Waals surface area contributed by atoms with Crippen molar-refractivity contribution in [2.75, 3.05) is 13.1 Å². The van der Waals surface area contributed by atoms with Crippen molar-refractivity contribution in [3.05, 3.63) is 12.2 Å². The maximum absolute atomic E-state index is 5.76.